The Kier molecular flexibility index (Phi) is 3.41. The Hall–Kier alpha value is -1.55. The number of anilines is 1. The standard InChI is InChI=1S/C12H15NO3/c1-2-15-8-12(14)13-10-3-4-11-9(7-10)5-6-16-11/h3-4,7H,2,5-6,8H2,1H3,(H,13,14). The number of ether oxygens (including phenoxy) is 2. The maximum Gasteiger partial charge on any atom is 0.250 e. The van der Waals surface area contributed by atoms with Crippen LogP contribution in [0.15, 0.2) is 18.2 Å². The van der Waals surface area contributed by atoms with Crippen molar-refractivity contribution < 1.29 is 14.3 Å². The minimum absolute atomic E-state index is 0.101. The van der Waals surface area contributed by atoms with Crippen molar-refractivity contribution in [3.63, 3.8) is 0 Å². The summed E-state index contributed by atoms with van der Waals surface area (Å²) in [6.07, 6.45) is 0.907. The van der Waals surface area contributed by atoms with E-state index in [2.05, 4.69) is 5.32 Å². The van der Waals surface area contributed by atoms with Crippen molar-refractivity contribution >= 4 is 11.6 Å². The molecule has 1 heterocycles. The van der Waals surface area contributed by atoms with Crippen LogP contribution in [0, 0.1) is 0 Å². The first-order chi connectivity index (χ1) is 7.79. The van der Waals surface area contributed by atoms with Crippen LogP contribution in [0.5, 0.6) is 5.75 Å². The molecular formula is C12H15NO3. The molecule has 2 rings (SSSR count). The van der Waals surface area contributed by atoms with Gasteiger partial charge in [-0.15, -0.1) is 0 Å². The van der Waals surface area contributed by atoms with E-state index < -0.39 is 0 Å². The van der Waals surface area contributed by atoms with E-state index in [1.807, 2.05) is 25.1 Å². The lowest BCUT2D eigenvalue weighted by Gasteiger charge is -2.06. The van der Waals surface area contributed by atoms with Crippen molar-refractivity contribution in [2.24, 2.45) is 0 Å². The molecule has 1 aliphatic rings. The molecule has 0 radical (unpaired) electrons. The van der Waals surface area contributed by atoms with Crippen molar-refractivity contribution in [3.05, 3.63) is 23.8 Å². The third-order valence-electron chi connectivity index (χ3n) is 2.41. The molecule has 16 heavy (non-hydrogen) atoms. The topological polar surface area (TPSA) is 47.6 Å². The number of carbonyl (C=O) groups is 1. The van der Waals surface area contributed by atoms with Crippen LogP contribution in [0.4, 0.5) is 5.69 Å². The number of rotatable bonds is 4. The summed E-state index contributed by atoms with van der Waals surface area (Å²) in [5.41, 5.74) is 1.95. The minimum Gasteiger partial charge on any atom is -0.493 e. The Labute approximate surface area is 94.6 Å². The van der Waals surface area contributed by atoms with E-state index in [1.54, 1.807) is 0 Å². The van der Waals surface area contributed by atoms with Crippen molar-refractivity contribution in [1.29, 1.82) is 0 Å². The number of nitrogens with one attached hydrogen (secondary N) is 1. The van der Waals surface area contributed by atoms with Crippen LogP contribution in [0.1, 0.15) is 12.5 Å². The predicted molar refractivity (Wildman–Crippen MR) is 60.8 cm³/mol. The number of amides is 1. The largest absolute Gasteiger partial charge is 0.493 e. The quantitative estimate of drug-likeness (QED) is 0.840. The van der Waals surface area contributed by atoms with Crippen LogP contribution in [-0.2, 0) is 16.0 Å². The average molecular weight is 221 g/mol. The normalized spacial score (nSPS) is 13.1. The lowest BCUT2D eigenvalue weighted by molar-refractivity contribution is -0.120. The van der Waals surface area contributed by atoms with Gasteiger partial charge in [0.05, 0.1) is 6.61 Å². The molecule has 0 bridgehead atoms. The van der Waals surface area contributed by atoms with Crippen molar-refractivity contribution in [1.82, 2.24) is 0 Å². The van der Waals surface area contributed by atoms with Gasteiger partial charge in [-0.2, -0.15) is 0 Å². The van der Waals surface area contributed by atoms with E-state index in [0.29, 0.717) is 6.61 Å². The Morgan fingerprint density at radius 2 is 2.44 bits per heavy atom. The molecule has 86 valence electrons. The molecule has 1 aromatic rings. The smallest absolute Gasteiger partial charge is 0.250 e. The predicted octanol–water partition coefficient (Wildman–Crippen LogP) is 1.60. The molecule has 0 aromatic heterocycles. The zero-order valence-corrected chi connectivity index (χ0v) is 9.29. The first-order valence-electron chi connectivity index (χ1n) is 5.43. The highest BCUT2D eigenvalue weighted by atomic mass is 16.5. The molecule has 0 spiro atoms. The third-order valence-corrected chi connectivity index (χ3v) is 2.41. The highest BCUT2D eigenvalue weighted by Crippen LogP contribution is 2.27. The lowest BCUT2D eigenvalue weighted by Crippen LogP contribution is -2.18. The van der Waals surface area contributed by atoms with Gasteiger partial charge in [0.2, 0.25) is 5.91 Å². The van der Waals surface area contributed by atoms with Crippen LogP contribution >= 0.6 is 0 Å². The monoisotopic (exact) mass is 221 g/mol. The fourth-order valence-corrected chi connectivity index (χ4v) is 1.66. The molecule has 1 N–H and O–H groups in total. The van der Waals surface area contributed by atoms with Gasteiger partial charge < -0.3 is 14.8 Å². The van der Waals surface area contributed by atoms with Crippen LogP contribution in [0.2, 0.25) is 0 Å². The summed E-state index contributed by atoms with van der Waals surface area (Å²) in [4.78, 5) is 11.4. The molecule has 0 atom stereocenters. The number of benzene rings is 1. The first-order valence-corrected chi connectivity index (χ1v) is 5.43. The molecule has 1 aliphatic heterocycles. The summed E-state index contributed by atoms with van der Waals surface area (Å²) in [5, 5.41) is 2.79. The summed E-state index contributed by atoms with van der Waals surface area (Å²) >= 11 is 0. The molecule has 0 aliphatic carbocycles. The fourth-order valence-electron chi connectivity index (χ4n) is 1.66. The SMILES string of the molecule is CCOCC(=O)Nc1ccc2c(c1)CCO2. The van der Waals surface area contributed by atoms with Gasteiger partial charge in [0, 0.05) is 18.7 Å². The fraction of sp³-hybridized carbons (Fsp3) is 0.417. The van der Waals surface area contributed by atoms with Gasteiger partial charge >= 0.3 is 0 Å². The molecule has 4 heteroatoms. The molecule has 4 nitrogen and oxygen atoms in total. The molecule has 0 saturated carbocycles. The van der Waals surface area contributed by atoms with Gasteiger partial charge in [-0.25, -0.2) is 0 Å². The van der Waals surface area contributed by atoms with Crippen LogP contribution < -0.4 is 10.1 Å². The highest BCUT2D eigenvalue weighted by molar-refractivity contribution is 5.91. The summed E-state index contributed by atoms with van der Waals surface area (Å²) in [6.45, 7) is 3.24. The highest BCUT2D eigenvalue weighted by Gasteiger charge is 2.12. The van der Waals surface area contributed by atoms with Gasteiger partial charge in [0.15, 0.2) is 0 Å². The van der Waals surface area contributed by atoms with Gasteiger partial charge in [0.1, 0.15) is 12.4 Å². The Bertz CT molecular complexity index is 390. The van der Waals surface area contributed by atoms with Crippen LogP contribution in [0.25, 0.3) is 0 Å². The van der Waals surface area contributed by atoms with E-state index in [1.165, 1.54) is 0 Å². The second-order valence-corrected chi connectivity index (χ2v) is 3.61. The number of fused-ring (bicyclic) bond motifs is 1. The first kappa shape index (κ1) is 11.0. The van der Waals surface area contributed by atoms with E-state index in [0.717, 1.165) is 30.0 Å². The van der Waals surface area contributed by atoms with E-state index in [9.17, 15) is 4.79 Å². The Balaban J connectivity index is 1.97. The van der Waals surface area contributed by atoms with E-state index >= 15 is 0 Å². The number of hydrogen-bond acceptors (Lipinski definition) is 3. The second kappa shape index (κ2) is 4.99. The Morgan fingerprint density at radius 3 is 3.25 bits per heavy atom. The van der Waals surface area contributed by atoms with Gasteiger partial charge in [-0.05, 0) is 30.7 Å². The van der Waals surface area contributed by atoms with E-state index in [-0.39, 0.29) is 12.5 Å². The van der Waals surface area contributed by atoms with Gasteiger partial charge in [-0.3, -0.25) is 4.79 Å². The average Bonchev–Trinajstić information content (AvgIpc) is 2.73. The molecule has 1 amide bonds. The molecular weight excluding hydrogens is 206 g/mol. The molecule has 0 saturated heterocycles. The third kappa shape index (κ3) is 2.52. The van der Waals surface area contributed by atoms with Crippen molar-refractivity contribution in [2.45, 2.75) is 13.3 Å². The molecule has 1 aromatic carbocycles. The maximum atomic E-state index is 11.4. The van der Waals surface area contributed by atoms with Gasteiger partial charge in [-0.1, -0.05) is 0 Å². The maximum absolute atomic E-state index is 11.4. The number of hydrogen-bond donors (Lipinski definition) is 1. The summed E-state index contributed by atoms with van der Waals surface area (Å²) in [5.74, 6) is 0.795. The second-order valence-electron chi connectivity index (χ2n) is 3.61. The summed E-state index contributed by atoms with van der Waals surface area (Å²) < 4.78 is 10.4. The van der Waals surface area contributed by atoms with Crippen LogP contribution in [0.3, 0.4) is 0 Å². The zero-order valence-electron chi connectivity index (χ0n) is 9.29. The summed E-state index contributed by atoms with van der Waals surface area (Å²) in [7, 11) is 0. The van der Waals surface area contributed by atoms with E-state index in [4.69, 9.17) is 9.47 Å². The molecule has 0 fully saturated rings. The van der Waals surface area contributed by atoms with Crippen molar-refractivity contribution in [2.75, 3.05) is 25.1 Å². The van der Waals surface area contributed by atoms with Crippen molar-refractivity contribution in [3.8, 4) is 5.75 Å². The minimum atomic E-state index is -0.124. The summed E-state index contributed by atoms with van der Waals surface area (Å²) in [6, 6.07) is 5.68. The van der Waals surface area contributed by atoms with Crippen LogP contribution in [-0.4, -0.2) is 25.7 Å². The molecule has 0 unspecified atom stereocenters. The lowest BCUT2D eigenvalue weighted by atomic mass is 10.1. The van der Waals surface area contributed by atoms with Gasteiger partial charge in [0.25, 0.3) is 0 Å². The number of carbonyl (C=O) groups excluding carboxylic acids is 1. The zero-order chi connectivity index (χ0) is 11.4. The Morgan fingerprint density at radius 1 is 1.56 bits per heavy atom.